The summed E-state index contributed by atoms with van der Waals surface area (Å²) in [7, 11) is 0. The summed E-state index contributed by atoms with van der Waals surface area (Å²) < 4.78 is 0. The third-order valence-electron chi connectivity index (χ3n) is 3.41. The monoisotopic (exact) mass is 241 g/mol. The van der Waals surface area contributed by atoms with Crippen LogP contribution in [0.1, 0.15) is 29.1 Å². The minimum Gasteiger partial charge on any atom is -0.369 e. The van der Waals surface area contributed by atoms with E-state index in [-0.39, 0.29) is 0 Å². The van der Waals surface area contributed by atoms with Crippen LogP contribution in [0.4, 0.5) is 5.69 Å². The molecule has 0 saturated heterocycles. The molecule has 0 amide bonds. The van der Waals surface area contributed by atoms with Gasteiger partial charge in [0.15, 0.2) is 12.5 Å². The predicted molar refractivity (Wildman–Crippen MR) is 70.0 cm³/mol. The number of hydrogen-bond acceptors (Lipinski definition) is 3. The van der Waals surface area contributed by atoms with E-state index in [9.17, 15) is 10.2 Å². The summed E-state index contributed by atoms with van der Waals surface area (Å²) >= 11 is 0. The van der Waals surface area contributed by atoms with Gasteiger partial charge in [0, 0.05) is 16.8 Å². The summed E-state index contributed by atoms with van der Waals surface area (Å²) in [6.07, 6.45) is -1.59. The van der Waals surface area contributed by atoms with Crippen LogP contribution in [0.15, 0.2) is 48.5 Å². The van der Waals surface area contributed by atoms with Gasteiger partial charge < -0.3 is 15.1 Å². The van der Waals surface area contributed by atoms with Gasteiger partial charge in [-0.25, -0.2) is 0 Å². The quantitative estimate of drug-likeness (QED) is 0.806. The molecule has 0 radical (unpaired) electrons. The lowest BCUT2D eigenvalue weighted by Gasteiger charge is -2.26. The van der Waals surface area contributed by atoms with Gasteiger partial charge in [0.2, 0.25) is 0 Å². The van der Waals surface area contributed by atoms with E-state index in [2.05, 4.69) is 0 Å². The van der Waals surface area contributed by atoms with Gasteiger partial charge in [-0.3, -0.25) is 0 Å². The van der Waals surface area contributed by atoms with E-state index in [4.69, 9.17) is 0 Å². The molecule has 2 atom stereocenters. The number of nitrogens with zero attached hydrogens (tertiary/aromatic N) is 1. The zero-order valence-electron chi connectivity index (χ0n) is 10.1. The smallest absolute Gasteiger partial charge is 0.155 e. The van der Waals surface area contributed by atoms with Crippen molar-refractivity contribution < 1.29 is 10.2 Å². The van der Waals surface area contributed by atoms with E-state index in [1.165, 1.54) is 0 Å². The summed E-state index contributed by atoms with van der Waals surface area (Å²) in [6, 6.07) is 15.2. The summed E-state index contributed by atoms with van der Waals surface area (Å²) in [4.78, 5) is 1.62. The SMILES string of the molecule is Cc1ccc(N2C(O)c3ccccc3C2O)cc1. The van der Waals surface area contributed by atoms with Crippen molar-refractivity contribution in [3.8, 4) is 0 Å². The maximum absolute atomic E-state index is 10.3. The van der Waals surface area contributed by atoms with Crippen LogP contribution in [-0.4, -0.2) is 10.2 Å². The third-order valence-corrected chi connectivity index (χ3v) is 3.41. The first-order chi connectivity index (χ1) is 8.68. The minimum absolute atomic E-state index is 0.769. The van der Waals surface area contributed by atoms with Crippen molar-refractivity contribution >= 4 is 5.69 Å². The maximum atomic E-state index is 10.3. The summed E-state index contributed by atoms with van der Waals surface area (Å²) in [6.45, 7) is 2.01. The zero-order chi connectivity index (χ0) is 12.7. The van der Waals surface area contributed by atoms with Crippen LogP contribution >= 0.6 is 0 Å². The molecule has 92 valence electrons. The van der Waals surface area contributed by atoms with Crippen molar-refractivity contribution in [2.45, 2.75) is 19.4 Å². The molecule has 1 aliphatic rings. The lowest BCUT2D eigenvalue weighted by molar-refractivity contribution is 0.110. The Bertz CT molecular complexity index is 536. The largest absolute Gasteiger partial charge is 0.369 e. The van der Waals surface area contributed by atoms with Gasteiger partial charge in [0.25, 0.3) is 0 Å². The van der Waals surface area contributed by atoms with Gasteiger partial charge in [-0.2, -0.15) is 0 Å². The molecule has 0 aromatic heterocycles. The summed E-state index contributed by atoms with van der Waals surface area (Å²) in [5, 5.41) is 20.6. The normalized spacial score (nSPS) is 22.1. The van der Waals surface area contributed by atoms with Crippen molar-refractivity contribution in [1.29, 1.82) is 0 Å². The van der Waals surface area contributed by atoms with E-state index >= 15 is 0 Å². The topological polar surface area (TPSA) is 43.7 Å². The highest BCUT2D eigenvalue weighted by atomic mass is 16.3. The molecule has 3 heteroatoms. The second-order valence-electron chi connectivity index (χ2n) is 4.62. The van der Waals surface area contributed by atoms with E-state index in [0.717, 1.165) is 22.4 Å². The molecular weight excluding hydrogens is 226 g/mol. The molecule has 2 N–H and O–H groups in total. The average molecular weight is 241 g/mol. The van der Waals surface area contributed by atoms with Gasteiger partial charge in [0.1, 0.15) is 0 Å². The summed E-state index contributed by atoms with van der Waals surface area (Å²) in [5.41, 5.74) is 3.51. The third kappa shape index (κ3) is 1.60. The zero-order valence-corrected chi connectivity index (χ0v) is 10.1. The molecule has 1 heterocycles. The number of aryl methyl sites for hydroxylation is 1. The van der Waals surface area contributed by atoms with E-state index in [0.29, 0.717) is 0 Å². The predicted octanol–water partition coefficient (Wildman–Crippen LogP) is 2.50. The standard InChI is InChI=1S/C15H15NO2/c1-10-6-8-11(9-7-10)16-14(17)12-4-2-3-5-13(12)15(16)18/h2-9,14-15,17-18H,1H3. The molecule has 3 nitrogen and oxygen atoms in total. The van der Waals surface area contributed by atoms with Gasteiger partial charge in [-0.15, -0.1) is 0 Å². The van der Waals surface area contributed by atoms with Crippen LogP contribution < -0.4 is 4.90 Å². The van der Waals surface area contributed by atoms with Gasteiger partial charge in [-0.05, 0) is 19.1 Å². The molecule has 1 aliphatic heterocycles. The van der Waals surface area contributed by atoms with Crippen LogP contribution in [0.5, 0.6) is 0 Å². The Morgan fingerprint density at radius 3 is 1.83 bits per heavy atom. The van der Waals surface area contributed by atoms with Gasteiger partial charge in [-0.1, -0.05) is 42.0 Å². The van der Waals surface area contributed by atoms with Crippen LogP contribution in [-0.2, 0) is 0 Å². The molecule has 0 aliphatic carbocycles. The van der Waals surface area contributed by atoms with Gasteiger partial charge >= 0.3 is 0 Å². The number of aliphatic hydroxyl groups excluding tert-OH is 2. The number of benzene rings is 2. The minimum atomic E-state index is -0.793. The van der Waals surface area contributed by atoms with Crippen molar-refractivity contribution in [3.05, 3.63) is 65.2 Å². The number of aliphatic hydroxyl groups is 2. The Labute approximate surface area is 106 Å². The van der Waals surface area contributed by atoms with E-state index in [1.807, 2.05) is 55.5 Å². The fraction of sp³-hybridized carbons (Fsp3) is 0.200. The Kier molecular flexibility index (Phi) is 2.58. The van der Waals surface area contributed by atoms with E-state index < -0.39 is 12.5 Å². The molecule has 18 heavy (non-hydrogen) atoms. The molecule has 2 aromatic rings. The molecule has 3 rings (SSSR count). The van der Waals surface area contributed by atoms with Crippen LogP contribution in [0.3, 0.4) is 0 Å². The Morgan fingerprint density at radius 2 is 1.33 bits per heavy atom. The Hall–Kier alpha value is -1.84. The number of fused-ring (bicyclic) bond motifs is 1. The second-order valence-corrected chi connectivity index (χ2v) is 4.62. The fourth-order valence-electron chi connectivity index (χ4n) is 2.41. The van der Waals surface area contributed by atoms with Crippen LogP contribution in [0.2, 0.25) is 0 Å². The molecule has 0 saturated carbocycles. The highest BCUT2D eigenvalue weighted by molar-refractivity contribution is 5.55. The highest BCUT2D eigenvalue weighted by Crippen LogP contribution is 2.42. The van der Waals surface area contributed by atoms with Crippen LogP contribution in [0.25, 0.3) is 0 Å². The fourth-order valence-corrected chi connectivity index (χ4v) is 2.41. The van der Waals surface area contributed by atoms with E-state index in [1.54, 1.807) is 4.90 Å². The van der Waals surface area contributed by atoms with Crippen LogP contribution in [0, 0.1) is 6.92 Å². The molecule has 0 spiro atoms. The Morgan fingerprint density at radius 1 is 0.833 bits per heavy atom. The van der Waals surface area contributed by atoms with Crippen molar-refractivity contribution in [2.24, 2.45) is 0 Å². The van der Waals surface area contributed by atoms with Crippen molar-refractivity contribution in [3.63, 3.8) is 0 Å². The first kappa shape index (κ1) is 11.3. The lowest BCUT2D eigenvalue weighted by Crippen LogP contribution is -2.25. The molecular formula is C15H15NO2. The maximum Gasteiger partial charge on any atom is 0.155 e. The number of rotatable bonds is 1. The molecule has 0 fully saturated rings. The van der Waals surface area contributed by atoms with Gasteiger partial charge in [0.05, 0.1) is 0 Å². The Balaban J connectivity index is 2.03. The molecule has 2 unspecified atom stereocenters. The second kappa shape index (κ2) is 4.12. The average Bonchev–Trinajstić information content (AvgIpc) is 2.64. The lowest BCUT2D eigenvalue weighted by atomic mass is 10.1. The van der Waals surface area contributed by atoms with Crippen molar-refractivity contribution in [2.75, 3.05) is 4.90 Å². The number of hydrogen-bond donors (Lipinski definition) is 2. The van der Waals surface area contributed by atoms with Crippen molar-refractivity contribution in [1.82, 2.24) is 0 Å². The molecule has 2 aromatic carbocycles. The number of anilines is 1. The first-order valence-electron chi connectivity index (χ1n) is 5.98. The first-order valence-corrected chi connectivity index (χ1v) is 5.98. The summed E-state index contributed by atoms with van der Waals surface area (Å²) in [5.74, 6) is 0. The highest BCUT2D eigenvalue weighted by Gasteiger charge is 2.35. The molecule has 0 bridgehead atoms.